The highest BCUT2D eigenvalue weighted by atomic mass is 32.1. The topological polar surface area (TPSA) is 42.0 Å². The molecule has 2 unspecified atom stereocenters. The molecule has 0 saturated carbocycles. The van der Waals surface area contributed by atoms with E-state index in [1.807, 2.05) is 6.92 Å². The number of amides is 1. The third-order valence-corrected chi connectivity index (χ3v) is 4.05. The summed E-state index contributed by atoms with van der Waals surface area (Å²) in [5.74, 6) is 0.890. The fourth-order valence-electron chi connectivity index (χ4n) is 1.84. The Morgan fingerprint density at radius 2 is 2.12 bits per heavy atom. The van der Waals surface area contributed by atoms with Crippen LogP contribution in [0.2, 0.25) is 0 Å². The van der Waals surface area contributed by atoms with E-state index in [2.05, 4.69) is 36.5 Å². The number of hydrogen-bond acceptors (Lipinski definition) is 3. The van der Waals surface area contributed by atoms with Crippen molar-refractivity contribution < 1.29 is 4.79 Å². The molecule has 0 aliphatic heterocycles. The lowest BCUT2D eigenvalue weighted by Crippen LogP contribution is -2.38. The van der Waals surface area contributed by atoms with E-state index < -0.39 is 0 Å². The van der Waals surface area contributed by atoms with E-state index in [1.54, 1.807) is 18.3 Å². The van der Waals surface area contributed by atoms with Crippen LogP contribution in [-0.2, 0) is 4.79 Å². The highest BCUT2D eigenvalue weighted by molar-refractivity contribution is 7.09. The van der Waals surface area contributed by atoms with Gasteiger partial charge in [-0.15, -0.1) is 11.3 Å². The molecule has 0 spiro atoms. The summed E-state index contributed by atoms with van der Waals surface area (Å²) in [7, 11) is 0. The average Bonchev–Trinajstić information content (AvgIpc) is 2.63. The smallest absolute Gasteiger partial charge is 0.217 e. The highest BCUT2D eigenvalue weighted by Crippen LogP contribution is 2.25. The predicted molar refractivity (Wildman–Crippen MR) is 72.3 cm³/mol. The lowest BCUT2D eigenvalue weighted by molar-refractivity contribution is -0.120. The van der Waals surface area contributed by atoms with Crippen LogP contribution in [0.3, 0.4) is 0 Å². The van der Waals surface area contributed by atoms with Crippen molar-refractivity contribution in [3.8, 4) is 0 Å². The molecule has 0 saturated heterocycles. The number of carbonyl (C=O) groups excluding carboxylic acids is 1. The first-order valence-corrected chi connectivity index (χ1v) is 6.97. The van der Waals surface area contributed by atoms with Gasteiger partial charge in [0.1, 0.15) is 0 Å². The van der Waals surface area contributed by atoms with Gasteiger partial charge in [-0.05, 0) is 19.3 Å². The maximum atomic E-state index is 11.2. The van der Waals surface area contributed by atoms with Gasteiger partial charge < -0.3 is 5.32 Å². The standard InChI is InChI=1S/C13H22N2OS/c1-8(2)12(15-11(5)16)6-9(3)13-14-10(4)7-17-13/h7-9,12H,6H2,1-5H3,(H,15,16). The van der Waals surface area contributed by atoms with Crippen molar-refractivity contribution in [2.75, 3.05) is 0 Å². The minimum atomic E-state index is 0.0474. The Hall–Kier alpha value is -0.900. The normalized spacial score (nSPS) is 14.7. The molecule has 17 heavy (non-hydrogen) atoms. The number of nitrogens with one attached hydrogen (secondary N) is 1. The van der Waals surface area contributed by atoms with Crippen LogP contribution in [0.4, 0.5) is 0 Å². The van der Waals surface area contributed by atoms with E-state index in [4.69, 9.17) is 0 Å². The molecule has 96 valence electrons. The van der Waals surface area contributed by atoms with Crippen LogP contribution >= 0.6 is 11.3 Å². The largest absolute Gasteiger partial charge is 0.353 e. The molecule has 0 aliphatic rings. The van der Waals surface area contributed by atoms with Gasteiger partial charge in [-0.1, -0.05) is 20.8 Å². The van der Waals surface area contributed by atoms with Crippen molar-refractivity contribution in [2.24, 2.45) is 5.92 Å². The SMILES string of the molecule is CC(=O)NC(CC(C)c1nc(C)cs1)C(C)C. The summed E-state index contributed by atoms with van der Waals surface area (Å²) in [6.07, 6.45) is 0.949. The second kappa shape index (κ2) is 6.15. The molecule has 1 N–H and O–H groups in total. The van der Waals surface area contributed by atoms with Gasteiger partial charge >= 0.3 is 0 Å². The molecule has 4 heteroatoms. The molecule has 1 rings (SSSR count). The predicted octanol–water partition coefficient (Wildman–Crippen LogP) is 3.11. The highest BCUT2D eigenvalue weighted by Gasteiger charge is 2.20. The van der Waals surface area contributed by atoms with E-state index in [0.717, 1.165) is 12.1 Å². The minimum Gasteiger partial charge on any atom is -0.353 e. The number of rotatable bonds is 5. The number of thiazole rings is 1. The van der Waals surface area contributed by atoms with E-state index in [0.29, 0.717) is 11.8 Å². The summed E-state index contributed by atoms with van der Waals surface area (Å²) in [5.41, 5.74) is 1.08. The zero-order valence-electron chi connectivity index (χ0n) is 11.3. The molecular weight excluding hydrogens is 232 g/mol. The van der Waals surface area contributed by atoms with Crippen LogP contribution in [0.25, 0.3) is 0 Å². The van der Waals surface area contributed by atoms with Gasteiger partial charge in [0, 0.05) is 30.0 Å². The Bertz CT molecular complexity index is 373. The van der Waals surface area contributed by atoms with Gasteiger partial charge in [0.15, 0.2) is 0 Å². The fourth-order valence-corrected chi connectivity index (χ4v) is 2.71. The van der Waals surface area contributed by atoms with E-state index in [1.165, 1.54) is 5.01 Å². The van der Waals surface area contributed by atoms with Gasteiger partial charge in [0.2, 0.25) is 5.91 Å². The fraction of sp³-hybridized carbons (Fsp3) is 0.692. The molecular formula is C13H22N2OS. The third-order valence-electron chi connectivity index (χ3n) is 2.86. The van der Waals surface area contributed by atoms with Crippen LogP contribution in [0.15, 0.2) is 5.38 Å². The monoisotopic (exact) mass is 254 g/mol. The first-order chi connectivity index (χ1) is 7.90. The molecule has 0 bridgehead atoms. The average molecular weight is 254 g/mol. The van der Waals surface area contributed by atoms with Gasteiger partial charge in [0.25, 0.3) is 0 Å². The van der Waals surface area contributed by atoms with Crippen LogP contribution in [0.5, 0.6) is 0 Å². The number of hydrogen-bond donors (Lipinski definition) is 1. The van der Waals surface area contributed by atoms with Crippen LogP contribution in [0.1, 0.15) is 50.7 Å². The van der Waals surface area contributed by atoms with Crippen LogP contribution in [-0.4, -0.2) is 16.9 Å². The summed E-state index contributed by atoms with van der Waals surface area (Å²) in [6.45, 7) is 10.0. The Balaban J connectivity index is 2.63. The van der Waals surface area contributed by atoms with Gasteiger partial charge in [-0.25, -0.2) is 4.98 Å². The lowest BCUT2D eigenvalue weighted by atomic mass is 9.94. The number of aryl methyl sites for hydroxylation is 1. The van der Waals surface area contributed by atoms with Crippen LogP contribution < -0.4 is 5.32 Å². The van der Waals surface area contributed by atoms with Gasteiger partial charge in [-0.3, -0.25) is 4.79 Å². The summed E-state index contributed by atoms with van der Waals surface area (Å²) in [5, 5.41) is 6.27. The van der Waals surface area contributed by atoms with E-state index >= 15 is 0 Å². The Labute approximate surface area is 108 Å². The molecule has 1 aromatic heterocycles. The molecule has 0 fully saturated rings. The first kappa shape index (κ1) is 14.2. The summed E-state index contributed by atoms with van der Waals surface area (Å²) >= 11 is 1.71. The number of carbonyl (C=O) groups is 1. The number of aromatic nitrogens is 1. The first-order valence-electron chi connectivity index (χ1n) is 6.09. The Morgan fingerprint density at radius 3 is 2.53 bits per heavy atom. The van der Waals surface area contributed by atoms with Crippen molar-refractivity contribution in [3.63, 3.8) is 0 Å². The van der Waals surface area contributed by atoms with Crippen LogP contribution in [0, 0.1) is 12.8 Å². The van der Waals surface area contributed by atoms with Crippen molar-refractivity contribution in [3.05, 3.63) is 16.1 Å². The molecule has 1 aromatic rings. The summed E-state index contributed by atoms with van der Waals surface area (Å²) < 4.78 is 0. The summed E-state index contributed by atoms with van der Waals surface area (Å²) in [6, 6.07) is 0.228. The molecule has 0 aromatic carbocycles. The second-order valence-corrected chi connectivity index (χ2v) is 5.90. The maximum Gasteiger partial charge on any atom is 0.217 e. The van der Waals surface area contributed by atoms with Gasteiger partial charge in [-0.2, -0.15) is 0 Å². The molecule has 2 atom stereocenters. The lowest BCUT2D eigenvalue weighted by Gasteiger charge is -2.24. The van der Waals surface area contributed by atoms with Crippen molar-refractivity contribution in [1.82, 2.24) is 10.3 Å². The van der Waals surface area contributed by atoms with Crippen molar-refractivity contribution >= 4 is 17.2 Å². The van der Waals surface area contributed by atoms with E-state index in [-0.39, 0.29) is 11.9 Å². The zero-order valence-corrected chi connectivity index (χ0v) is 12.1. The molecule has 3 nitrogen and oxygen atoms in total. The maximum absolute atomic E-state index is 11.2. The van der Waals surface area contributed by atoms with Gasteiger partial charge in [0.05, 0.1) is 5.01 Å². The molecule has 0 aliphatic carbocycles. The quantitative estimate of drug-likeness (QED) is 0.877. The van der Waals surface area contributed by atoms with Crippen molar-refractivity contribution in [2.45, 2.75) is 53.0 Å². The van der Waals surface area contributed by atoms with Crippen molar-refractivity contribution in [1.29, 1.82) is 0 Å². The third kappa shape index (κ3) is 4.46. The molecule has 1 heterocycles. The minimum absolute atomic E-state index is 0.0474. The zero-order chi connectivity index (χ0) is 13.0. The Kier molecular flexibility index (Phi) is 5.12. The summed E-state index contributed by atoms with van der Waals surface area (Å²) in [4.78, 5) is 15.7. The Morgan fingerprint density at radius 1 is 1.47 bits per heavy atom. The second-order valence-electron chi connectivity index (χ2n) is 5.01. The number of nitrogens with zero attached hydrogens (tertiary/aromatic N) is 1. The molecule has 0 radical (unpaired) electrons. The molecule has 1 amide bonds. The van der Waals surface area contributed by atoms with E-state index in [9.17, 15) is 4.79 Å².